The first kappa shape index (κ1) is 26.0. The molecule has 0 unspecified atom stereocenters. The molecule has 194 valence electrons. The van der Waals surface area contributed by atoms with Gasteiger partial charge in [0.2, 0.25) is 10.0 Å². The van der Waals surface area contributed by atoms with Crippen LogP contribution in [0.15, 0.2) is 47.4 Å². The number of anilines is 1. The number of aryl methyl sites for hydroxylation is 1. The molecule has 10 heteroatoms. The van der Waals surface area contributed by atoms with E-state index in [0.29, 0.717) is 59.7 Å². The number of ether oxygens (including phenoxy) is 1. The highest BCUT2D eigenvalue weighted by atomic mass is 35.5. The molecule has 2 aliphatic rings. The van der Waals surface area contributed by atoms with Crippen LogP contribution in [0.5, 0.6) is 0 Å². The molecule has 1 amide bonds. The molecule has 2 aliphatic heterocycles. The van der Waals surface area contributed by atoms with Crippen molar-refractivity contribution in [2.75, 3.05) is 37.7 Å². The molecule has 2 aromatic carbocycles. The molecule has 0 radical (unpaired) electrons. The number of aromatic nitrogens is 1. The fourth-order valence-electron chi connectivity index (χ4n) is 5.01. The van der Waals surface area contributed by atoms with E-state index in [0.717, 1.165) is 22.6 Å². The number of hydrogen-bond donors (Lipinski definition) is 0. The Morgan fingerprint density at radius 1 is 1.03 bits per heavy atom. The first-order valence-corrected chi connectivity index (χ1v) is 14.2. The predicted octanol–water partition coefficient (Wildman–Crippen LogP) is 5.33. The van der Waals surface area contributed by atoms with Crippen LogP contribution in [0.1, 0.15) is 29.4 Å². The van der Waals surface area contributed by atoms with Crippen molar-refractivity contribution in [3.63, 3.8) is 0 Å². The highest BCUT2D eigenvalue weighted by Crippen LogP contribution is 2.40. The van der Waals surface area contributed by atoms with Crippen LogP contribution in [0.4, 0.5) is 5.69 Å². The maximum absolute atomic E-state index is 13.5. The number of carbonyl (C=O) groups is 1. The number of hydrogen-bond acceptors (Lipinski definition) is 4. The Bertz CT molecular complexity index is 1540. The Labute approximate surface area is 226 Å². The van der Waals surface area contributed by atoms with Crippen molar-refractivity contribution in [1.82, 2.24) is 8.87 Å². The molecule has 0 bridgehead atoms. The van der Waals surface area contributed by atoms with Crippen LogP contribution in [0.25, 0.3) is 17.3 Å². The molecule has 1 aromatic heterocycles. The Balaban J connectivity index is 1.62. The molecule has 0 aliphatic carbocycles. The molecule has 0 saturated carbocycles. The van der Waals surface area contributed by atoms with E-state index in [1.807, 2.05) is 49.6 Å². The molecule has 3 heterocycles. The maximum atomic E-state index is 13.5. The lowest BCUT2D eigenvalue weighted by Crippen LogP contribution is -2.40. The average molecular weight is 561 g/mol. The SMILES string of the molecule is CCN1C(=O)C(=Cc2cc(C)n(-c3cccc(Cl)c3Cl)c2C)c2cc(S(=O)(=O)N3CCOCC3)ccc21. The summed E-state index contributed by atoms with van der Waals surface area (Å²) in [6.07, 6.45) is 1.83. The van der Waals surface area contributed by atoms with Crippen molar-refractivity contribution in [3.05, 3.63) is 75.0 Å². The Kier molecular flexibility index (Phi) is 6.98. The van der Waals surface area contributed by atoms with Crippen molar-refractivity contribution in [2.24, 2.45) is 0 Å². The van der Waals surface area contributed by atoms with Gasteiger partial charge in [0.25, 0.3) is 5.91 Å². The summed E-state index contributed by atoms with van der Waals surface area (Å²) >= 11 is 12.8. The van der Waals surface area contributed by atoms with Crippen LogP contribution >= 0.6 is 23.2 Å². The molecule has 3 aromatic rings. The Morgan fingerprint density at radius 3 is 2.46 bits per heavy atom. The highest BCUT2D eigenvalue weighted by Gasteiger charge is 2.34. The minimum atomic E-state index is -3.71. The first-order chi connectivity index (χ1) is 17.6. The summed E-state index contributed by atoms with van der Waals surface area (Å²) in [5.74, 6) is -0.163. The Morgan fingerprint density at radius 2 is 1.76 bits per heavy atom. The standard InChI is InChI=1S/C27H27Cl2N3O4S/c1-4-31-24-9-8-20(37(34,35)30-10-12-36-13-11-30)16-21(24)22(27(31)33)15-19-14-17(2)32(18(19)3)25-7-5-6-23(28)26(25)29/h5-9,14-16H,4,10-13H2,1-3H3. The van der Waals surface area contributed by atoms with Gasteiger partial charge in [-0.2, -0.15) is 4.31 Å². The number of benzene rings is 2. The van der Waals surface area contributed by atoms with E-state index in [4.69, 9.17) is 27.9 Å². The number of sulfonamides is 1. The van der Waals surface area contributed by atoms with Crippen molar-refractivity contribution in [3.8, 4) is 5.69 Å². The van der Waals surface area contributed by atoms with Crippen LogP contribution in [0.2, 0.25) is 10.0 Å². The van der Waals surface area contributed by atoms with Crippen molar-refractivity contribution in [2.45, 2.75) is 25.7 Å². The zero-order valence-electron chi connectivity index (χ0n) is 20.8. The smallest absolute Gasteiger partial charge is 0.258 e. The molecule has 37 heavy (non-hydrogen) atoms. The number of morpholine rings is 1. The van der Waals surface area contributed by atoms with Gasteiger partial charge in [0.15, 0.2) is 0 Å². The summed E-state index contributed by atoms with van der Waals surface area (Å²) in [4.78, 5) is 15.3. The third kappa shape index (κ3) is 4.41. The molecule has 1 saturated heterocycles. The monoisotopic (exact) mass is 559 g/mol. The van der Waals surface area contributed by atoms with Crippen LogP contribution in [0, 0.1) is 13.8 Å². The number of halogens is 2. The van der Waals surface area contributed by atoms with Crippen LogP contribution in [-0.4, -0.2) is 56.0 Å². The van der Waals surface area contributed by atoms with Gasteiger partial charge in [-0.15, -0.1) is 0 Å². The molecule has 7 nitrogen and oxygen atoms in total. The largest absolute Gasteiger partial charge is 0.379 e. The number of nitrogens with zero attached hydrogens (tertiary/aromatic N) is 3. The fraction of sp³-hybridized carbons (Fsp3) is 0.296. The second-order valence-corrected chi connectivity index (χ2v) is 11.8. The lowest BCUT2D eigenvalue weighted by atomic mass is 10.0. The van der Waals surface area contributed by atoms with E-state index < -0.39 is 10.0 Å². The average Bonchev–Trinajstić information content (AvgIpc) is 3.32. The third-order valence-electron chi connectivity index (χ3n) is 6.89. The topological polar surface area (TPSA) is 71.9 Å². The lowest BCUT2D eigenvalue weighted by molar-refractivity contribution is -0.112. The number of likely N-dealkylation sites (N-methyl/N-ethyl adjacent to an activating group) is 1. The molecule has 5 rings (SSSR count). The van der Waals surface area contributed by atoms with E-state index in [9.17, 15) is 13.2 Å². The summed E-state index contributed by atoms with van der Waals surface area (Å²) in [5, 5.41) is 0.904. The second-order valence-electron chi connectivity index (χ2n) is 9.04. The molecule has 0 spiro atoms. The van der Waals surface area contributed by atoms with Crippen LogP contribution < -0.4 is 4.90 Å². The number of rotatable bonds is 5. The van der Waals surface area contributed by atoms with Crippen molar-refractivity contribution >= 4 is 56.5 Å². The lowest BCUT2D eigenvalue weighted by Gasteiger charge is -2.26. The van der Waals surface area contributed by atoms with Gasteiger partial charge in [-0.3, -0.25) is 4.79 Å². The Hall–Kier alpha value is -2.62. The minimum absolute atomic E-state index is 0.163. The van der Waals surface area contributed by atoms with E-state index in [1.54, 1.807) is 29.2 Å². The van der Waals surface area contributed by atoms with E-state index in [-0.39, 0.29) is 10.8 Å². The summed E-state index contributed by atoms with van der Waals surface area (Å²) < 4.78 is 35.4. The van der Waals surface area contributed by atoms with E-state index in [1.165, 1.54) is 4.31 Å². The van der Waals surface area contributed by atoms with Gasteiger partial charge in [-0.25, -0.2) is 8.42 Å². The fourth-order valence-corrected chi connectivity index (χ4v) is 6.83. The number of fused-ring (bicyclic) bond motifs is 1. The quantitative estimate of drug-likeness (QED) is 0.396. The van der Waals surface area contributed by atoms with E-state index in [2.05, 4.69) is 0 Å². The second kappa shape index (κ2) is 9.93. The van der Waals surface area contributed by atoms with E-state index >= 15 is 0 Å². The highest BCUT2D eigenvalue weighted by molar-refractivity contribution is 7.89. The van der Waals surface area contributed by atoms with Gasteiger partial charge in [0, 0.05) is 42.2 Å². The van der Waals surface area contributed by atoms with Gasteiger partial charge >= 0.3 is 0 Å². The minimum Gasteiger partial charge on any atom is -0.379 e. The predicted molar refractivity (Wildman–Crippen MR) is 147 cm³/mol. The summed E-state index contributed by atoms with van der Waals surface area (Å²) in [6, 6.07) is 12.4. The maximum Gasteiger partial charge on any atom is 0.258 e. The van der Waals surface area contributed by atoms with Crippen molar-refractivity contribution in [1.29, 1.82) is 0 Å². The molecule has 1 fully saturated rings. The normalized spacial score (nSPS) is 17.6. The summed E-state index contributed by atoms with van der Waals surface area (Å²) in [6.45, 7) is 7.62. The van der Waals surface area contributed by atoms with Crippen molar-refractivity contribution < 1.29 is 17.9 Å². The van der Waals surface area contributed by atoms with Crippen LogP contribution in [0.3, 0.4) is 0 Å². The van der Waals surface area contributed by atoms with Gasteiger partial charge in [-0.1, -0.05) is 29.3 Å². The van der Waals surface area contributed by atoms with Crippen LogP contribution in [-0.2, 0) is 19.6 Å². The summed E-state index contributed by atoms with van der Waals surface area (Å²) in [7, 11) is -3.71. The molecular formula is C27H27Cl2N3O4S. The van der Waals surface area contributed by atoms with Gasteiger partial charge < -0.3 is 14.2 Å². The molecular weight excluding hydrogens is 533 g/mol. The first-order valence-electron chi connectivity index (χ1n) is 12.0. The zero-order valence-corrected chi connectivity index (χ0v) is 23.1. The summed E-state index contributed by atoms with van der Waals surface area (Å²) in [5.41, 5.74) is 5.15. The third-order valence-corrected chi connectivity index (χ3v) is 9.59. The van der Waals surface area contributed by atoms with Gasteiger partial charge in [0.1, 0.15) is 0 Å². The molecule has 0 atom stereocenters. The number of amides is 1. The number of carbonyl (C=O) groups excluding carboxylic acids is 1. The zero-order chi connectivity index (χ0) is 26.5. The molecule has 0 N–H and O–H groups in total. The van der Waals surface area contributed by atoms with Gasteiger partial charge in [-0.05, 0) is 68.8 Å². The van der Waals surface area contributed by atoms with Gasteiger partial charge in [0.05, 0.1) is 39.5 Å².